The number of carbonyl (C=O) groups is 1. The van der Waals surface area contributed by atoms with Crippen LogP contribution in [0.2, 0.25) is 0 Å². The Labute approximate surface area is 162 Å². The highest BCUT2D eigenvalue weighted by atomic mass is 16.5. The second-order valence-corrected chi connectivity index (χ2v) is 6.75. The summed E-state index contributed by atoms with van der Waals surface area (Å²) in [7, 11) is 0. The third-order valence-corrected chi connectivity index (χ3v) is 4.65. The standard InChI is InChI=1S/C22H23NO5/c1-13-11-20(25)28-21-14(2)19(10-9-17(13)21)27-15(3)22(26)23-12-18(24)16-7-5-4-6-8-16/h4-11,15,18,24H,12H2,1-3H3,(H,23,26)/t15-,18-/m1/s1. The molecule has 0 spiro atoms. The number of aliphatic hydroxyl groups is 1. The van der Waals surface area contributed by atoms with Gasteiger partial charge in [0.15, 0.2) is 6.10 Å². The van der Waals surface area contributed by atoms with E-state index in [1.54, 1.807) is 38.1 Å². The number of nitrogens with one attached hydrogen (secondary N) is 1. The van der Waals surface area contributed by atoms with Gasteiger partial charge in [0.25, 0.3) is 5.91 Å². The zero-order valence-electron chi connectivity index (χ0n) is 16.1. The maximum Gasteiger partial charge on any atom is 0.336 e. The van der Waals surface area contributed by atoms with Gasteiger partial charge in [-0.1, -0.05) is 30.3 Å². The fourth-order valence-corrected chi connectivity index (χ4v) is 3.01. The molecule has 0 aliphatic heterocycles. The fourth-order valence-electron chi connectivity index (χ4n) is 3.01. The van der Waals surface area contributed by atoms with Gasteiger partial charge < -0.3 is 19.6 Å². The van der Waals surface area contributed by atoms with Crippen molar-refractivity contribution < 1.29 is 19.1 Å². The highest BCUT2D eigenvalue weighted by Crippen LogP contribution is 2.28. The van der Waals surface area contributed by atoms with Crippen LogP contribution < -0.4 is 15.7 Å². The Morgan fingerprint density at radius 2 is 1.89 bits per heavy atom. The number of ether oxygens (including phenoxy) is 1. The minimum absolute atomic E-state index is 0.0846. The third-order valence-electron chi connectivity index (χ3n) is 4.65. The van der Waals surface area contributed by atoms with Crippen LogP contribution in [0.5, 0.6) is 5.75 Å². The first-order chi connectivity index (χ1) is 13.4. The van der Waals surface area contributed by atoms with Gasteiger partial charge in [0.2, 0.25) is 0 Å². The molecule has 28 heavy (non-hydrogen) atoms. The number of benzene rings is 2. The molecule has 0 aliphatic carbocycles. The van der Waals surface area contributed by atoms with E-state index in [1.165, 1.54) is 6.07 Å². The van der Waals surface area contributed by atoms with Crippen molar-refractivity contribution in [3.63, 3.8) is 0 Å². The normalized spacial score (nSPS) is 13.1. The largest absolute Gasteiger partial charge is 0.480 e. The number of aliphatic hydroxyl groups excluding tert-OH is 1. The summed E-state index contributed by atoms with van der Waals surface area (Å²) in [6.45, 7) is 5.33. The third kappa shape index (κ3) is 4.23. The van der Waals surface area contributed by atoms with Gasteiger partial charge in [0.1, 0.15) is 11.3 Å². The average Bonchev–Trinajstić information content (AvgIpc) is 2.68. The number of hydrogen-bond donors (Lipinski definition) is 2. The van der Waals surface area contributed by atoms with Crippen molar-refractivity contribution in [2.45, 2.75) is 33.0 Å². The van der Waals surface area contributed by atoms with E-state index in [2.05, 4.69) is 5.32 Å². The molecule has 0 saturated heterocycles. The van der Waals surface area contributed by atoms with Gasteiger partial charge >= 0.3 is 5.63 Å². The van der Waals surface area contributed by atoms with E-state index in [0.717, 1.165) is 16.5 Å². The van der Waals surface area contributed by atoms with E-state index < -0.39 is 17.8 Å². The monoisotopic (exact) mass is 381 g/mol. The maximum atomic E-state index is 12.3. The smallest absolute Gasteiger partial charge is 0.336 e. The van der Waals surface area contributed by atoms with E-state index in [0.29, 0.717) is 16.9 Å². The second-order valence-electron chi connectivity index (χ2n) is 6.75. The molecule has 3 aromatic rings. The molecule has 6 nitrogen and oxygen atoms in total. The van der Waals surface area contributed by atoms with Crippen molar-refractivity contribution in [2.75, 3.05) is 6.54 Å². The van der Waals surface area contributed by atoms with Crippen LogP contribution in [0.15, 0.2) is 57.7 Å². The van der Waals surface area contributed by atoms with Crippen LogP contribution in [0.3, 0.4) is 0 Å². The van der Waals surface area contributed by atoms with Gasteiger partial charge in [-0.15, -0.1) is 0 Å². The van der Waals surface area contributed by atoms with Gasteiger partial charge in [0.05, 0.1) is 6.10 Å². The first-order valence-electron chi connectivity index (χ1n) is 9.08. The summed E-state index contributed by atoms with van der Waals surface area (Å²) in [5, 5.41) is 13.7. The molecule has 1 amide bonds. The molecule has 6 heteroatoms. The number of hydrogen-bond acceptors (Lipinski definition) is 5. The highest BCUT2D eigenvalue weighted by molar-refractivity contribution is 5.85. The van der Waals surface area contributed by atoms with E-state index in [9.17, 15) is 14.7 Å². The van der Waals surface area contributed by atoms with Gasteiger partial charge in [-0.05, 0) is 44.0 Å². The topological polar surface area (TPSA) is 88.8 Å². The van der Waals surface area contributed by atoms with E-state index in [-0.39, 0.29) is 12.5 Å². The quantitative estimate of drug-likeness (QED) is 0.641. The van der Waals surface area contributed by atoms with Crippen molar-refractivity contribution in [1.82, 2.24) is 5.32 Å². The molecule has 0 saturated carbocycles. The predicted molar refractivity (Wildman–Crippen MR) is 106 cm³/mol. The zero-order valence-corrected chi connectivity index (χ0v) is 16.1. The van der Waals surface area contributed by atoms with E-state index in [1.807, 2.05) is 25.1 Å². The Morgan fingerprint density at radius 1 is 1.18 bits per heavy atom. The van der Waals surface area contributed by atoms with Crippen LogP contribution in [-0.2, 0) is 4.79 Å². The Kier molecular flexibility index (Phi) is 5.80. The molecule has 1 heterocycles. The number of carbonyl (C=O) groups excluding carboxylic acids is 1. The van der Waals surface area contributed by atoms with Gasteiger partial charge in [-0.2, -0.15) is 0 Å². The summed E-state index contributed by atoms with van der Waals surface area (Å²) in [5.41, 5.74) is 2.23. The molecule has 2 N–H and O–H groups in total. The molecular weight excluding hydrogens is 358 g/mol. The lowest BCUT2D eigenvalue weighted by Crippen LogP contribution is -2.38. The lowest BCUT2D eigenvalue weighted by atomic mass is 10.1. The Morgan fingerprint density at radius 3 is 2.61 bits per heavy atom. The Hall–Kier alpha value is -3.12. The Bertz CT molecular complexity index is 1040. The minimum Gasteiger partial charge on any atom is -0.480 e. The molecule has 1 aromatic heterocycles. The predicted octanol–water partition coefficient (Wildman–Crippen LogP) is 3.03. The number of amides is 1. The van der Waals surface area contributed by atoms with E-state index >= 15 is 0 Å². The highest BCUT2D eigenvalue weighted by Gasteiger charge is 2.19. The molecule has 0 bridgehead atoms. The SMILES string of the molecule is Cc1cc(=O)oc2c(C)c(O[C@H](C)C(=O)NC[C@@H](O)c3ccccc3)ccc12. The van der Waals surface area contributed by atoms with Gasteiger partial charge in [-0.25, -0.2) is 4.79 Å². The minimum atomic E-state index is -0.794. The van der Waals surface area contributed by atoms with Gasteiger partial charge in [0, 0.05) is 23.6 Å². The molecule has 0 unspecified atom stereocenters. The summed E-state index contributed by atoms with van der Waals surface area (Å²) >= 11 is 0. The van der Waals surface area contributed by atoms with Crippen LogP contribution in [0.4, 0.5) is 0 Å². The molecule has 2 atom stereocenters. The lowest BCUT2D eigenvalue weighted by Gasteiger charge is -2.18. The van der Waals surface area contributed by atoms with Crippen molar-refractivity contribution in [3.05, 3.63) is 75.6 Å². The van der Waals surface area contributed by atoms with Crippen LogP contribution >= 0.6 is 0 Å². The summed E-state index contributed by atoms with van der Waals surface area (Å²) in [5.74, 6) is 0.118. The first kappa shape index (κ1) is 19.6. The van der Waals surface area contributed by atoms with Crippen LogP contribution in [0.25, 0.3) is 11.0 Å². The summed E-state index contributed by atoms with van der Waals surface area (Å²) in [6.07, 6.45) is -1.58. The fraction of sp³-hybridized carbons (Fsp3) is 0.273. The summed E-state index contributed by atoms with van der Waals surface area (Å²) in [6, 6.07) is 14.1. The van der Waals surface area contributed by atoms with Crippen LogP contribution in [0.1, 0.15) is 29.7 Å². The molecule has 0 aliphatic rings. The van der Waals surface area contributed by atoms with Gasteiger partial charge in [-0.3, -0.25) is 4.79 Å². The molecule has 0 radical (unpaired) electrons. The van der Waals surface area contributed by atoms with Crippen molar-refractivity contribution >= 4 is 16.9 Å². The van der Waals surface area contributed by atoms with Crippen molar-refractivity contribution in [3.8, 4) is 5.75 Å². The zero-order chi connectivity index (χ0) is 20.3. The average molecular weight is 381 g/mol. The summed E-state index contributed by atoms with van der Waals surface area (Å²) < 4.78 is 11.1. The maximum absolute atomic E-state index is 12.3. The molecule has 3 rings (SSSR count). The first-order valence-corrected chi connectivity index (χ1v) is 9.08. The summed E-state index contributed by atoms with van der Waals surface area (Å²) in [4.78, 5) is 24.0. The Balaban J connectivity index is 1.68. The molecule has 0 fully saturated rings. The number of fused-ring (bicyclic) bond motifs is 1. The number of rotatable bonds is 6. The van der Waals surface area contributed by atoms with Crippen molar-refractivity contribution in [1.29, 1.82) is 0 Å². The number of aryl methyl sites for hydroxylation is 2. The lowest BCUT2D eigenvalue weighted by molar-refractivity contribution is -0.127. The molecule has 2 aromatic carbocycles. The second kappa shape index (κ2) is 8.27. The van der Waals surface area contributed by atoms with Crippen LogP contribution in [-0.4, -0.2) is 23.7 Å². The van der Waals surface area contributed by atoms with E-state index in [4.69, 9.17) is 9.15 Å². The van der Waals surface area contributed by atoms with Crippen molar-refractivity contribution in [2.24, 2.45) is 0 Å². The molecule has 146 valence electrons. The molecular formula is C22H23NO5. The van der Waals surface area contributed by atoms with Crippen LogP contribution in [0, 0.1) is 13.8 Å².